The zero-order valence-electron chi connectivity index (χ0n) is 9.44. The van der Waals surface area contributed by atoms with Crippen LogP contribution in [-0.4, -0.2) is 9.91 Å². The second-order valence-corrected chi connectivity index (χ2v) is 3.81. The number of H-pyrrole nitrogens is 1. The molecule has 0 fully saturated rings. The number of hydrogen-bond acceptors (Lipinski definition) is 3. The van der Waals surface area contributed by atoms with E-state index in [0.29, 0.717) is 11.1 Å². The summed E-state index contributed by atoms with van der Waals surface area (Å²) in [5.74, 6) is -0.427. The smallest absolute Gasteiger partial charge is 0.293 e. The van der Waals surface area contributed by atoms with Gasteiger partial charge < -0.3 is 4.98 Å². The van der Waals surface area contributed by atoms with Crippen molar-refractivity contribution in [2.45, 2.75) is 6.92 Å². The maximum absolute atomic E-state index is 13.0. The van der Waals surface area contributed by atoms with E-state index in [4.69, 9.17) is 0 Å². The number of aryl methyl sites for hydroxylation is 1. The van der Waals surface area contributed by atoms with Gasteiger partial charge in [0.15, 0.2) is 0 Å². The normalized spacial score (nSPS) is 10.3. The lowest BCUT2D eigenvalue weighted by Gasteiger charge is -2.06. The summed E-state index contributed by atoms with van der Waals surface area (Å²) in [6, 6.07) is 5.03. The van der Waals surface area contributed by atoms with Crippen LogP contribution in [0.4, 0.5) is 10.1 Å². The van der Waals surface area contributed by atoms with E-state index < -0.39 is 16.3 Å². The number of nitro groups is 1. The molecule has 0 bridgehead atoms. The first-order chi connectivity index (χ1) is 8.49. The number of aromatic amines is 1. The van der Waals surface area contributed by atoms with Gasteiger partial charge in [-0.25, -0.2) is 4.39 Å². The summed E-state index contributed by atoms with van der Waals surface area (Å²) in [6.07, 6.45) is 1.04. The first-order valence-corrected chi connectivity index (χ1v) is 5.12. The highest BCUT2D eigenvalue weighted by atomic mass is 19.1. The number of benzene rings is 1. The molecule has 1 aromatic carbocycles. The van der Waals surface area contributed by atoms with Crippen molar-refractivity contribution in [1.29, 1.82) is 0 Å². The van der Waals surface area contributed by atoms with E-state index in [1.54, 1.807) is 6.92 Å². The van der Waals surface area contributed by atoms with Gasteiger partial charge in [-0.3, -0.25) is 14.9 Å². The quantitative estimate of drug-likeness (QED) is 0.654. The maximum atomic E-state index is 13.0. The van der Waals surface area contributed by atoms with Crippen molar-refractivity contribution >= 4 is 5.69 Å². The standard InChI is InChI=1S/C12H9FN2O3/c1-7-4-8(13)2-3-9(7)10-5-12(16)14-6-11(10)15(17)18/h2-6H,1H3,(H,14,16). The van der Waals surface area contributed by atoms with Crippen LogP contribution in [0.3, 0.4) is 0 Å². The van der Waals surface area contributed by atoms with E-state index >= 15 is 0 Å². The summed E-state index contributed by atoms with van der Waals surface area (Å²) < 4.78 is 13.0. The highest BCUT2D eigenvalue weighted by Crippen LogP contribution is 2.30. The molecule has 6 heteroatoms. The van der Waals surface area contributed by atoms with E-state index in [-0.39, 0.29) is 11.3 Å². The number of nitrogens with one attached hydrogen (secondary N) is 1. The Hall–Kier alpha value is -2.50. The molecule has 1 N–H and O–H groups in total. The van der Waals surface area contributed by atoms with Crippen LogP contribution in [-0.2, 0) is 0 Å². The number of hydrogen-bond donors (Lipinski definition) is 1. The molecule has 0 radical (unpaired) electrons. The Labute approximate surface area is 101 Å². The average molecular weight is 248 g/mol. The molecule has 0 unspecified atom stereocenters. The summed E-state index contributed by atoms with van der Waals surface area (Å²) >= 11 is 0. The molecule has 1 heterocycles. The average Bonchev–Trinajstić information content (AvgIpc) is 2.28. The summed E-state index contributed by atoms with van der Waals surface area (Å²) in [4.78, 5) is 23.8. The highest BCUT2D eigenvalue weighted by molar-refractivity contribution is 5.75. The van der Waals surface area contributed by atoms with Crippen molar-refractivity contribution in [2.24, 2.45) is 0 Å². The van der Waals surface area contributed by atoms with Gasteiger partial charge in [0, 0.05) is 6.07 Å². The third kappa shape index (κ3) is 2.13. The van der Waals surface area contributed by atoms with Gasteiger partial charge in [0.05, 0.1) is 16.7 Å². The predicted molar refractivity (Wildman–Crippen MR) is 63.8 cm³/mol. The van der Waals surface area contributed by atoms with Crippen LogP contribution in [0.2, 0.25) is 0 Å². The Kier molecular flexibility index (Phi) is 2.93. The Bertz CT molecular complexity index is 679. The first-order valence-electron chi connectivity index (χ1n) is 5.12. The topological polar surface area (TPSA) is 76.0 Å². The lowest BCUT2D eigenvalue weighted by Crippen LogP contribution is -2.06. The van der Waals surface area contributed by atoms with Gasteiger partial charge in [-0.2, -0.15) is 0 Å². The monoisotopic (exact) mass is 248 g/mol. The fourth-order valence-electron chi connectivity index (χ4n) is 1.76. The van der Waals surface area contributed by atoms with Gasteiger partial charge in [0.1, 0.15) is 5.82 Å². The van der Waals surface area contributed by atoms with Crippen molar-refractivity contribution < 1.29 is 9.31 Å². The SMILES string of the molecule is Cc1cc(F)ccc1-c1cc(=O)[nH]cc1[N+](=O)[O-]. The van der Waals surface area contributed by atoms with Gasteiger partial charge in [-0.05, 0) is 30.2 Å². The van der Waals surface area contributed by atoms with Crippen molar-refractivity contribution in [1.82, 2.24) is 4.98 Å². The summed E-state index contributed by atoms with van der Waals surface area (Å²) in [5, 5.41) is 10.9. The summed E-state index contributed by atoms with van der Waals surface area (Å²) in [5.41, 5.74) is 0.516. The van der Waals surface area contributed by atoms with Crippen molar-refractivity contribution in [2.75, 3.05) is 0 Å². The molecule has 0 atom stereocenters. The van der Waals surface area contributed by atoms with Crippen LogP contribution in [0.25, 0.3) is 11.1 Å². The highest BCUT2D eigenvalue weighted by Gasteiger charge is 2.17. The van der Waals surface area contributed by atoms with E-state index in [1.807, 2.05) is 0 Å². The van der Waals surface area contributed by atoms with Crippen LogP contribution in [0, 0.1) is 22.9 Å². The lowest BCUT2D eigenvalue weighted by atomic mass is 10.0. The van der Waals surface area contributed by atoms with Gasteiger partial charge in [-0.1, -0.05) is 6.07 Å². The first kappa shape index (κ1) is 12.0. The minimum atomic E-state index is -0.589. The van der Waals surface area contributed by atoms with Crippen LogP contribution in [0.1, 0.15) is 5.56 Å². The Balaban J connectivity index is 2.73. The molecule has 2 aromatic rings. The fourth-order valence-corrected chi connectivity index (χ4v) is 1.76. The maximum Gasteiger partial charge on any atom is 0.293 e. The van der Waals surface area contributed by atoms with E-state index in [9.17, 15) is 19.3 Å². The third-order valence-electron chi connectivity index (χ3n) is 2.58. The predicted octanol–water partition coefficient (Wildman–Crippen LogP) is 2.40. The summed E-state index contributed by atoms with van der Waals surface area (Å²) in [7, 11) is 0. The van der Waals surface area contributed by atoms with Gasteiger partial charge in [0.2, 0.25) is 5.56 Å². The van der Waals surface area contributed by atoms with E-state index in [0.717, 1.165) is 12.3 Å². The molecule has 2 rings (SSSR count). The van der Waals surface area contributed by atoms with Gasteiger partial charge >= 0.3 is 0 Å². The molecule has 0 amide bonds. The van der Waals surface area contributed by atoms with Crippen molar-refractivity contribution in [3.63, 3.8) is 0 Å². The zero-order valence-corrected chi connectivity index (χ0v) is 9.44. The van der Waals surface area contributed by atoms with Crippen molar-refractivity contribution in [3.05, 3.63) is 62.3 Å². The minimum Gasteiger partial charge on any atom is -0.323 e. The van der Waals surface area contributed by atoms with Crippen LogP contribution < -0.4 is 5.56 Å². The van der Waals surface area contributed by atoms with Gasteiger partial charge in [-0.15, -0.1) is 0 Å². The number of aromatic nitrogens is 1. The molecule has 0 aliphatic rings. The Morgan fingerprint density at radius 3 is 2.61 bits per heavy atom. The second kappa shape index (κ2) is 4.40. The lowest BCUT2D eigenvalue weighted by molar-refractivity contribution is -0.384. The number of nitrogens with zero attached hydrogens (tertiary/aromatic N) is 1. The second-order valence-electron chi connectivity index (χ2n) is 3.81. The molecule has 0 spiro atoms. The molecule has 18 heavy (non-hydrogen) atoms. The van der Waals surface area contributed by atoms with Crippen LogP contribution >= 0.6 is 0 Å². The molecule has 92 valence electrons. The van der Waals surface area contributed by atoms with Crippen molar-refractivity contribution in [3.8, 4) is 11.1 Å². The van der Waals surface area contributed by atoms with Crippen LogP contribution in [0.15, 0.2) is 35.3 Å². The summed E-state index contributed by atoms with van der Waals surface area (Å²) in [6.45, 7) is 1.63. The fraction of sp³-hybridized carbons (Fsp3) is 0.0833. The van der Waals surface area contributed by atoms with E-state index in [2.05, 4.69) is 4.98 Å². The molecule has 1 aromatic heterocycles. The molecule has 0 saturated carbocycles. The number of pyridine rings is 1. The zero-order chi connectivity index (χ0) is 13.3. The molecule has 0 saturated heterocycles. The third-order valence-corrected chi connectivity index (χ3v) is 2.58. The van der Waals surface area contributed by atoms with Crippen LogP contribution in [0.5, 0.6) is 0 Å². The number of rotatable bonds is 2. The Morgan fingerprint density at radius 1 is 1.28 bits per heavy atom. The van der Waals surface area contributed by atoms with Gasteiger partial charge in [0.25, 0.3) is 5.69 Å². The Morgan fingerprint density at radius 2 is 2.00 bits per heavy atom. The molecular formula is C12H9FN2O3. The van der Waals surface area contributed by atoms with E-state index in [1.165, 1.54) is 18.2 Å². The largest absolute Gasteiger partial charge is 0.323 e. The number of halogens is 1. The molecule has 0 aliphatic carbocycles. The molecular weight excluding hydrogens is 239 g/mol. The minimum absolute atomic E-state index is 0.182. The molecule has 5 nitrogen and oxygen atoms in total. The molecule has 0 aliphatic heterocycles.